The van der Waals surface area contributed by atoms with Gasteiger partial charge in [-0.2, -0.15) is 0 Å². The maximum Gasteiger partial charge on any atom is 0.138 e. The monoisotopic (exact) mass is 390 g/mol. The Morgan fingerprint density at radius 1 is 1.22 bits per heavy atom. The summed E-state index contributed by atoms with van der Waals surface area (Å²) in [5, 5.41) is 5.42. The number of hydrogen-bond acceptors (Lipinski definition) is 4. The Morgan fingerprint density at radius 3 is 2.83 bits per heavy atom. The van der Waals surface area contributed by atoms with Gasteiger partial charge >= 0.3 is 0 Å². The first kappa shape index (κ1) is 14.0. The Labute approximate surface area is 127 Å². The van der Waals surface area contributed by atoms with Gasteiger partial charge in [0.15, 0.2) is 0 Å². The molecule has 2 rings (SSSR count). The van der Waals surface area contributed by atoms with E-state index in [1.807, 2.05) is 6.07 Å². The number of pyridine rings is 1. The average molecular weight is 392 g/mol. The molecule has 1 N–H and O–H groups in total. The van der Waals surface area contributed by atoms with Crippen molar-refractivity contribution in [1.82, 2.24) is 10.3 Å². The first-order valence-corrected chi connectivity index (χ1v) is 7.87. The summed E-state index contributed by atoms with van der Waals surface area (Å²) < 4.78 is 7.64. The molecule has 0 atom stereocenters. The van der Waals surface area contributed by atoms with Gasteiger partial charge in [0.1, 0.15) is 12.4 Å². The molecule has 2 aromatic rings. The van der Waals surface area contributed by atoms with E-state index < -0.39 is 0 Å². The van der Waals surface area contributed by atoms with E-state index >= 15 is 0 Å². The van der Waals surface area contributed by atoms with Crippen LogP contribution in [-0.2, 0) is 6.54 Å². The number of nitrogens with zero attached hydrogens (tertiary/aromatic N) is 1. The van der Waals surface area contributed by atoms with Crippen molar-refractivity contribution >= 4 is 43.2 Å². The number of hydrogen-bond donors (Lipinski definition) is 1. The molecule has 0 unspecified atom stereocenters. The third-order valence-electron chi connectivity index (χ3n) is 2.15. The third kappa shape index (κ3) is 4.68. The number of ether oxygens (including phenoxy) is 1. The quantitative estimate of drug-likeness (QED) is 0.759. The predicted molar refractivity (Wildman–Crippen MR) is 81.2 cm³/mol. The molecule has 18 heavy (non-hydrogen) atoms. The summed E-state index contributed by atoms with van der Waals surface area (Å²) in [6.45, 7) is 2.31. The van der Waals surface area contributed by atoms with Crippen molar-refractivity contribution in [2.24, 2.45) is 0 Å². The summed E-state index contributed by atoms with van der Waals surface area (Å²) in [5.41, 5.74) is 0. The molecule has 2 aromatic heterocycles. The minimum Gasteiger partial charge on any atom is -0.491 e. The highest BCUT2D eigenvalue weighted by Gasteiger charge is 1.98. The van der Waals surface area contributed by atoms with Gasteiger partial charge in [-0.25, -0.2) is 0 Å². The largest absolute Gasteiger partial charge is 0.491 e. The highest BCUT2D eigenvalue weighted by molar-refractivity contribution is 9.10. The van der Waals surface area contributed by atoms with Gasteiger partial charge in [-0.05, 0) is 44.0 Å². The lowest BCUT2D eigenvalue weighted by molar-refractivity contribution is 0.312. The van der Waals surface area contributed by atoms with Gasteiger partial charge < -0.3 is 10.1 Å². The van der Waals surface area contributed by atoms with Gasteiger partial charge in [-0.1, -0.05) is 0 Å². The normalized spacial score (nSPS) is 10.6. The van der Waals surface area contributed by atoms with Crippen molar-refractivity contribution in [3.8, 4) is 5.75 Å². The smallest absolute Gasteiger partial charge is 0.138 e. The fraction of sp³-hybridized carbons (Fsp3) is 0.250. The number of aromatic nitrogens is 1. The van der Waals surface area contributed by atoms with E-state index in [2.05, 4.69) is 53.6 Å². The molecule has 0 bridgehead atoms. The van der Waals surface area contributed by atoms with E-state index in [9.17, 15) is 0 Å². The van der Waals surface area contributed by atoms with Crippen LogP contribution in [0, 0.1) is 0 Å². The van der Waals surface area contributed by atoms with Crippen LogP contribution in [0.15, 0.2) is 38.9 Å². The molecule has 0 aromatic carbocycles. The number of halogens is 2. The average Bonchev–Trinajstić information content (AvgIpc) is 2.75. The second kappa shape index (κ2) is 7.23. The Balaban J connectivity index is 1.64. The van der Waals surface area contributed by atoms with E-state index in [1.165, 1.54) is 4.88 Å². The van der Waals surface area contributed by atoms with Crippen LogP contribution in [0.25, 0.3) is 0 Å². The van der Waals surface area contributed by atoms with Gasteiger partial charge in [0, 0.05) is 38.5 Å². The van der Waals surface area contributed by atoms with Crippen LogP contribution in [-0.4, -0.2) is 18.1 Å². The van der Waals surface area contributed by atoms with Gasteiger partial charge in [0.25, 0.3) is 0 Å². The van der Waals surface area contributed by atoms with Crippen molar-refractivity contribution in [2.45, 2.75) is 6.54 Å². The fourth-order valence-corrected chi connectivity index (χ4v) is 3.13. The molecule has 2 heterocycles. The van der Waals surface area contributed by atoms with Crippen LogP contribution < -0.4 is 10.1 Å². The second-order valence-corrected chi connectivity index (χ2v) is 6.42. The second-order valence-electron chi connectivity index (χ2n) is 3.60. The predicted octanol–water partition coefficient (Wildman–Crippen LogP) is 3.84. The summed E-state index contributed by atoms with van der Waals surface area (Å²) >= 11 is 8.53. The van der Waals surface area contributed by atoms with Crippen molar-refractivity contribution in [3.05, 3.63) is 43.7 Å². The van der Waals surface area contributed by atoms with Crippen LogP contribution in [0.2, 0.25) is 0 Å². The van der Waals surface area contributed by atoms with Crippen LogP contribution in [0.5, 0.6) is 5.75 Å². The topological polar surface area (TPSA) is 34.1 Å². The molecule has 0 aliphatic rings. The standard InChI is InChI=1S/C12H12Br2N2OS/c13-9-3-11(6-16-5-9)17-2-1-15-7-12-4-10(14)8-18-12/h3-6,8,15H,1-2,7H2. The lowest BCUT2D eigenvalue weighted by Gasteiger charge is -2.06. The molecule has 0 saturated heterocycles. The molecule has 0 aliphatic heterocycles. The molecule has 0 saturated carbocycles. The maximum absolute atomic E-state index is 5.57. The van der Waals surface area contributed by atoms with Crippen molar-refractivity contribution in [1.29, 1.82) is 0 Å². The Kier molecular flexibility index (Phi) is 5.62. The minimum absolute atomic E-state index is 0.630. The van der Waals surface area contributed by atoms with Crippen molar-refractivity contribution < 1.29 is 4.74 Å². The molecular formula is C12H12Br2N2OS. The number of rotatable bonds is 6. The first-order chi connectivity index (χ1) is 8.74. The highest BCUT2D eigenvalue weighted by Crippen LogP contribution is 2.19. The summed E-state index contributed by atoms with van der Waals surface area (Å²) in [5.74, 6) is 0.782. The van der Waals surface area contributed by atoms with Gasteiger partial charge in [-0.15, -0.1) is 11.3 Å². The Bertz CT molecular complexity index is 504. The van der Waals surface area contributed by atoms with E-state index in [4.69, 9.17) is 4.74 Å². The van der Waals surface area contributed by atoms with E-state index in [1.54, 1.807) is 23.7 Å². The van der Waals surface area contributed by atoms with Crippen molar-refractivity contribution in [2.75, 3.05) is 13.2 Å². The van der Waals surface area contributed by atoms with Crippen LogP contribution in [0.3, 0.4) is 0 Å². The molecule has 3 nitrogen and oxygen atoms in total. The van der Waals surface area contributed by atoms with E-state index in [0.29, 0.717) is 6.61 Å². The van der Waals surface area contributed by atoms with Gasteiger partial charge in [0.2, 0.25) is 0 Å². The maximum atomic E-state index is 5.57. The Morgan fingerprint density at radius 2 is 2.11 bits per heavy atom. The van der Waals surface area contributed by atoms with Crippen LogP contribution >= 0.6 is 43.2 Å². The summed E-state index contributed by atoms with van der Waals surface area (Å²) in [4.78, 5) is 5.35. The molecule has 0 radical (unpaired) electrons. The summed E-state index contributed by atoms with van der Waals surface area (Å²) in [6, 6.07) is 4.03. The number of thiophene rings is 1. The fourth-order valence-electron chi connectivity index (χ4n) is 1.37. The first-order valence-electron chi connectivity index (χ1n) is 5.41. The van der Waals surface area contributed by atoms with E-state index in [0.717, 1.165) is 27.8 Å². The molecule has 0 aliphatic carbocycles. The molecule has 96 valence electrons. The van der Waals surface area contributed by atoms with Crippen molar-refractivity contribution in [3.63, 3.8) is 0 Å². The molecule has 0 amide bonds. The van der Waals surface area contributed by atoms with E-state index in [-0.39, 0.29) is 0 Å². The molecule has 6 heteroatoms. The lowest BCUT2D eigenvalue weighted by atomic mass is 10.4. The zero-order chi connectivity index (χ0) is 12.8. The van der Waals surface area contributed by atoms with Gasteiger partial charge in [0.05, 0.1) is 6.20 Å². The van der Waals surface area contributed by atoms with Crippen LogP contribution in [0.4, 0.5) is 0 Å². The third-order valence-corrected chi connectivity index (χ3v) is 4.28. The van der Waals surface area contributed by atoms with Gasteiger partial charge in [-0.3, -0.25) is 4.98 Å². The highest BCUT2D eigenvalue weighted by atomic mass is 79.9. The molecule has 0 fully saturated rings. The SMILES string of the molecule is Brc1cncc(OCCNCc2cc(Br)cs2)c1. The lowest BCUT2D eigenvalue weighted by Crippen LogP contribution is -2.20. The minimum atomic E-state index is 0.630. The van der Waals surface area contributed by atoms with Crippen LogP contribution in [0.1, 0.15) is 4.88 Å². The Hall–Kier alpha value is -0.430. The summed E-state index contributed by atoms with van der Waals surface area (Å²) in [6.07, 6.45) is 3.45. The molecular weight excluding hydrogens is 380 g/mol. The number of nitrogens with one attached hydrogen (secondary N) is 1. The zero-order valence-corrected chi connectivity index (χ0v) is 13.5. The molecule has 0 spiro atoms. The summed E-state index contributed by atoms with van der Waals surface area (Å²) in [7, 11) is 0. The zero-order valence-electron chi connectivity index (χ0n) is 9.53.